The molecule has 0 radical (unpaired) electrons. The summed E-state index contributed by atoms with van der Waals surface area (Å²) in [6.07, 6.45) is 3.28. The molecule has 3 aromatic carbocycles. The van der Waals surface area contributed by atoms with Crippen molar-refractivity contribution in [1.29, 1.82) is 0 Å². The van der Waals surface area contributed by atoms with Crippen molar-refractivity contribution in [2.75, 3.05) is 7.11 Å². The summed E-state index contributed by atoms with van der Waals surface area (Å²) in [7, 11) is 1.60. The average Bonchev–Trinajstić information content (AvgIpc) is 2.78. The van der Waals surface area contributed by atoms with E-state index in [4.69, 9.17) is 4.74 Å². The van der Waals surface area contributed by atoms with E-state index in [1.165, 1.54) is 6.08 Å². The van der Waals surface area contributed by atoms with Crippen LogP contribution in [0.2, 0.25) is 0 Å². The molecule has 0 unspecified atom stereocenters. The number of aryl methyl sites for hydroxylation is 1. The van der Waals surface area contributed by atoms with Gasteiger partial charge in [-0.3, -0.25) is 14.2 Å². The van der Waals surface area contributed by atoms with Crippen molar-refractivity contribution >= 4 is 22.8 Å². The summed E-state index contributed by atoms with van der Waals surface area (Å²) in [4.78, 5) is 30.0. The van der Waals surface area contributed by atoms with Crippen LogP contribution in [0.1, 0.15) is 21.7 Å². The Hall–Kier alpha value is -3.99. The normalized spacial score (nSPS) is 11.1. The number of carbonyl (C=O) groups is 1. The highest BCUT2D eigenvalue weighted by Crippen LogP contribution is 2.16. The standard InChI is InChI=1S/C25H20N2O3/c1-17-26-23-9-4-3-8-22(23)25(29)27(17)20-13-11-19(12-14-20)24(28)15-10-18-6-5-7-21(16-18)30-2/h3-16H,1-2H3. The molecule has 0 saturated carbocycles. The smallest absolute Gasteiger partial charge is 0.265 e. The van der Waals surface area contributed by atoms with E-state index in [2.05, 4.69) is 4.98 Å². The molecule has 30 heavy (non-hydrogen) atoms. The summed E-state index contributed by atoms with van der Waals surface area (Å²) in [6, 6.07) is 21.7. The first-order valence-corrected chi connectivity index (χ1v) is 9.52. The van der Waals surface area contributed by atoms with Gasteiger partial charge in [-0.25, -0.2) is 4.98 Å². The molecular weight excluding hydrogens is 376 g/mol. The van der Waals surface area contributed by atoms with Crippen LogP contribution in [0.5, 0.6) is 5.75 Å². The highest BCUT2D eigenvalue weighted by atomic mass is 16.5. The van der Waals surface area contributed by atoms with Crippen molar-refractivity contribution in [2.45, 2.75) is 6.92 Å². The van der Waals surface area contributed by atoms with E-state index in [1.807, 2.05) is 42.5 Å². The van der Waals surface area contributed by atoms with Crippen LogP contribution in [-0.4, -0.2) is 22.4 Å². The van der Waals surface area contributed by atoms with E-state index >= 15 is 0 Å². The van der Waals surface area contributed by atoms with E-state index in [1.54, 1.807) is 55.0 Å². The van der Waals surface area contributed by atoms with Crippen LogP contribution >= 0.6 is 0 Å². The number of hydrogen-bond donors (Lipinski definition) is 0. The quantitative estimate of drug-likeness (QED) is 0.365. The molecule has 0 aliphatic carbocycles. The molecule has 0 aliphatic heterocycles. The highest BCUT2D eigenvalue weighted by molar-refractivity contribution is 6.06. The van der Waals surface area contributed by atoms with E-state index in [-0.39, 0.29) is 11.3 Å². The Bertz CT molecular complexity index is 1320. The van der Waals surface area contributed by atoms with Crippen molar-refractivity contribution in [3.8, 4) is 11.4 Å². The largest absolute Gasteiger partial charge is 0.497 e. The van der Waals surface area contributed by atoms with Crippen LogP contribution in [0, 0.1) is 6.92 Å². The number of benzene rings is 3. The fraction of sp³-hybridized carbons (Fsp3) is 0.0800. The lowest BCUT2D eigenvalue weighted by atomic mass is 10.1. The molecule has 4 rings (SSSR count). The maximum absolute atomic E-state index is 12.9. The number of para-hydroxylation sites is 1. The van der Waals surface area contributed by atoms with Gasteiger partial charge in [0.15, 0.2) is 5.78 Å². The number of aromatic nitrogens is 2. The van der Waals surface area contributed by atoms with Gasteiger partial charge in [0.25, 0.3) is 5.56 Å². The number of hydrogen-bond acceptors (Lipinski definition) is 4. The molecule has 0 atom stereocenters. The van der Waals surface area contributed by atoms with Gasteiger partial charge in [0.1, 0.15) is 11.6 Å². The summed E-state index contributed by atoms with van der Waals surface area (Å²) in [6.45, 7) is 1.80. The number of methoxy groups -OCH3 is 1. The van der Waals surface area contributed by atoms with Gasteiger partial charge in [-0.05, 0) is 67.1 Å². The maximum atomic E-state index is 12.9. The third-order valence-electron chi connectivity index (χ3n) is 4.87. The summed E-state index contributed by atoms with van der Waals surface area (Å²) in [5, 5.41) is 0.560. The zero-order valence-electron chi connectivity index (χ0n) is 16.7. The Morgan fingerprint density at radius 2 is 1.77 bits per heavy atom. The molecule has 0 amide bonds. The number of carbonyl (C=O) groups excluding carboxylic acids is 1. The van der Waals surface area contributed by atoms with Gasteiger partial charge in [0.05, 0.1) is 23.7 Å². The van der Waals surface area contributed by atoms with Crippen LogP contribution in [-0.2, 0) is 0 Å². The zero-order chi connectivity index (χ0) is 21.1. The van der Waals surface area contributed by atoms with Crippen molar-refractivity contribution in [1.82, 2.24) is 9.55 Å². The third-order valence-corrected chi connectivity index (χ3v) is 4.87. The van der Waals surface area contributed by atoms with Crippen LogP contribution in [0.15, 0.2) is 83.7 Å². The van der Waals surface area contributed by atoms with Gasteiger partial charge < -0.3 is 4.74 Å². The second kappa shape index (κ2) is 8.17. The first-order chi connectivity index (χ1) is 14.6. The summed E-state index contributed by atoms with van der Waals surface area (Å²) in [5.41, 5.74) is 2.63. The molecule has 4 aromatic rings. The molecule has 1 aromatic heterocycles. The van der Waals surface area contributed by atoms with E-state index in [9.17, 15) is 9.59 Å². The Morgan fingerprint density at radius 1 is 1.00 bits per heavy atom. The topological polar surface area (TPSA) is 61.2 Å². The first-order valence-electron chi connectivity index (χ1n) is 9.52. The predicted molar refractivity (Wildman–Crippen MR) is 118 cm³/mol. The SMILES string of the molecule is COc1cccc(C=CC(=O)c2ccc(-n3c(C)nc4ccccc4c3=O)cc2)c1. The van der Waals surface area contributed by atoms with Gasteiger partial charge >= 0.3 is 0 Å². The van der Waals surface area contributed by atoms with Crippen molar-refractivity contribution in [2.24, 2.45) is 0 Å². The molecule has 0 fully saturated rings. The summed E-state index contributed by atoms with van der Waals surface area (Å²) >= 11 is 0. The molecule has 5 heteroatoms. The Kier molecular flexibility index (Phi) is 5.26. The lowest BCUT2D eigenvalue weighted by Gasteiger charge is -2.11. The summed E-state index contributed by atoms with van der Waals surface area (Å²) in [5.74, 6) is 1.21. The van der Waals surface area contributed by atoms with Gasteiger partial charge in [0.2, 0.25) is 0 Å². The lowest BCUT2D eigenvalue weighted by Crippen LogP contribution is -2.22. The minimum atomic E-state index is -0.130. The van der Waals surface area contributed by atoms with Crippen LogP contribution in [0.25, 0.3) is 22.7 Å². The van der Waals surface area contributed by atoms with Crippen LogP contribution in [0.3, 0.4) is 0 Å². The number of ether oxygens (including phenoxy) is 1. The van der Waals surface area contributed by atoms with Gasteiger partial charge in [0, 0.05) is 5.56 Å². The predicted octanol–water partition coefficient (Wildman–Crippen LogP) is 4.60. The Labute approximate surface area is 173 Å². The number of allylic oxidation sites excluding steroid dienone is 1. The van der Waals surface area contributed by atoms with Crippen LogP contribution < -0.4 is 10.3 Å². The van der Waals surface area contributed by atoms with Crippen LogP contribution in [0.4, 0.5) is 0 Å². The monoisotopic (exact) mass is 396 g/mol. The molecule has 0 saturated heterocycles. The number of fused-ring (bicyclic) bond motifs is 1. The Balaban J connectivity index is 1.62. The molecule has 0 bridgehead atoms. The van der Waals surface area contributed by atoms with Crippen molar-refractivity contribution < 1.29 is 9.53 Å². The van der Waals surface area contributed by atoms with Gasteiger partial charge in [-0.15, -0.1) is 0 Å². The fourth-order valence-corrected chi connectivity index (χ4v) is 3.34. The molecule has 0 N–H and O–H groups in total. The zero-order valence-corrected chi connectivity index (χ0v) is 16.7. The second-order valence-electron chi connectivity index (χ2n) is 6.84. The van der Waals surface area contributed by atoms with Crippen molar-refractivity contribution in [3.63, 3.8) is 0 Å². The molecular formula is C25H20N2O3. The molecule has 0 spiro atoms. The van der Waals surface area contributed by atoms with Crippen molar-refractivity contribution in [3.05, 3.63) is 106 Å². The summed E-state index contributed by atoms with van der Waals surface area (Å²) < 4.78 is 6.75. The molecule has 0 aliphatic rings. The number of ketones is 1. The molecule has 5 nitrogen and oxygen atoms in total. The van der Waals surface area contributed by atoms with Gasteiger partial charge in [-0.1, -0.05) is 30.3 Å². The first kappa shape index (κ1) is 19.3. The number of nitrogens with zero attached hydrogens (tertiary/aromatic N) is 2. The minimum absolute atomic E-state index is 0.120. The molecule has 148 valence electrons. The fourth-order valence-electron chi connectivity index (χ4n) is 3.34. The molecule has 1 heterocycles. The van der Waals surface area contributed by atoms with E-state index < -0.39 is 0 Å². The van der Waals surface area contributed by atoms with E-state index in [0.29, 0.717) is 28.0 Å². The third kappa shape index (κ3) is 3.78. The van der Waals surface area contributed by atoms with E-state index in [0.717, 1.165) is 11.3 Å². The highest BCUT2D eigenvalue weighted by Gasteiger charge is 2.10. The minimum Gasteiger partial charge on any atom is -0.497 e. The maximum Gasteiger partial charge on any atom is 0.265 e. The average molecular weight is 396 g/mol. The Morgan fingerprint density at radius 3 is 2.53 bits per heavy atom. The number of rotatable bonds is 5. The lowest BCUT2D eigenvalue weighted by molar-refractivity contribution is 0.104. The second-order valence-corrected chi connectivity index (χ2v) is 6.84. The van der Waals surface area contributed by atoms with Gasteiger partial charge in [-0.2, -0.15) is 0 Å².